The fourth-order valence-electron chi connectivity index (χ4n) is 2.98. The molecule has 1 heterocycles. The monoisotopic (exact) mass is 345 g/mol. The number of hydrogen-bond donors (Lipinski definition) is 0. The van der Waals surface area contributed by atoms with E-state index in [1.54, 1.807) is 0 Å². The molecule has 0 aliphatic rings. The molecular formula is C19H13BBrN. The molecule has 1 aromatic heterocycles. The molecule has 0 atom stereocenters. The first-order valence-corrected chi connectivity index (χ1v) is 7.99. The van der Waals surface area contributed by atoms with Gasteiger partial charge in [0.2, 0.25) is 0 Å². The van der Waals surface area contributed by atoms with E-state index in [0.29, 0.717) is 0 Å². The first kappa shape index (κ1) is 13.7. The molecule has 3 heteroatoms. The summed E-state index contributed by atoms with van der Waals surface area (Å²) in [6.07, 6.45) is 0. The molecule has 0 saturated carbocycles. The van der Waals surface area contributed by atoms with Crippen LogP contribution < -0.4 is 5.46 Å². The Labute approximate surface area is 139 Å². The minimum Gasteiger partial charge on any atom is -0.309 e. The second-order valence-electron chi connectivity index (χ2n) is 5.61. The lowest BCUT2D eigenvalue weighted by Crippen LogP contribution is -2.02. The number of halogens is 1. The van der Waals surface area contributed by atoms with Gasteiger partial charge in [-0.05, 0) is 37.3 Å². The summed E-state index contributed by atoms with van der Waals surface area (Å²) in [5.41, 5.74) is 5.50. The predicted octanol–water partition coefficient (Wildman–Crippen LogP) is 4.65. The zero-order valence-corrected chi connectivity index (χ0v) is 13.8. The van der Waals surface area contributed by atoms with Crippen LogP contribution in [0.4, 0.5) is 0 Å². The third-order valence-corrected chi connectivity index (χ3v) is 4.54. The molecule has 0 bridgehead atoms. The summed E-state index contributed by atoms with van der Waals surface area (Å²) in [5.74, 6) is 0. The van der Waals surface area contributed by atoms with E-state index in [1.165, 1.54) is 21.9 Å². The SMILES string of the molecule is [B]c1ccc2c3ccc(Br)cc3n(-c3ccc(C)cc3)c2c1. The highest BCUT2D eigenvalue weighted by atomic mass is 79.9. The molecule has 3 aromatic carbocycles. The van der Waals surface area contributed by atoms with E-state index in [4.69, 9.17) is 7.85 Å². The van der Waals surface area contributed by atoms with Crippen molar-refractivity contribution in [2.24, 2.45) is 0 Å². The van der Waals surface area contributed by atoms with E-state index in [1.807, 2.05) is 12.1 Å². The van der Waals surface area contributed by atoms with Gasteiger partial charge in [-0.15, -0.1) is 0 Å². The molecule has 0 spiro atoms. The third-order valence-electron chi connectivity index (χ3n) is 4.05. The molecule has 4 aromatic rings. The molecule has 0 amide bonds. The van der Waals surface area contributed by atoms with Crippen molar-refractivity contribution in [1.29, 1.82) is 0 Å². The van der Waals surface area contributed by atoms with Crippen LogP contribution >= 0.6 is 15.9 Å². The summed E-state index contributed by atoms with van der Waals surface area (Å²) in [6.45, 7) is 2.10. The van der Waals surface area contributed by atoms with Gasteiger partial charge < -0.3 is 4.57 Å². The zero-order chi connectivity index (χ0) is 15.3. The molecule has 0 aliphatic heterocycles. The van der Waals surface area contributed by atoms with E-state index in [2.05, 4.69) is 76.0 Å². The first-order chi connectivity index (χ1) is 10.6. The Hall–Kier alpha value is -2.00. The molecule has 0 fully saturated rings. The van der Waals surface area contributed by atoms with E-state index in [0.717, 1.165) is 21.1 Å². The lowest BCUT2D eigenvalue weighted by molar-refractivity contribution is 1.17. The molecule has 4 rings (SSSR count). The average Bonchev–Trinajstić information content (AvgIpc) is 2.80. The zero-order valence-electron chi connectivity index (χ0n) is 12.2. The van der Waals surface area contributed by atoms with Crippen LogP contribution in [0.5, 0.6) is 0 Å². The van der Waals surface area contributed by atoms with Gasteiger partial charge in [0.15, 0.2) is 0 Å². The van der Waals surface area contributed by atoms with Crippen LogP contribution in [-0.2, 0) is 0 Å². The topological polar surface area (TPSA) is 4.93 Å². The molecule has 2 radical (unpaired) electrons. The summed E-state index contributed by atoms with van der Waals surface area (Å²) >= 11 is 3.58. The minimum absolute atomic E-state index is 0.780. The molecule has 1 nitrogen and oxygen atoms in total. The van der Waals surface area contributed by atoms with Crippen LogP contribution in [0.2, 0.25) is 0 Å². The largest absolute Gasteiger partial charge is 0.309 e. The van der Waals surface area contributed by atoms with Gasteiger partial charge in [-0.3, -0.25) is 0 Å². The van der Waals surface area contributed by atoms with Crippen LogP contribution in [0.3, 0.4) is 0 Å². The first-order valence-electron chi connectivity index (χ1n) is 7.20. The van der Waals surface area contributed by atoms with Crippen LogP contribution in [0.15, 0.2) is 65.1 Å². The summed E-state index contributed by atoms with van der Waals surface area (Å²) in [4.78, 5) is 0. The molecule has 0 aliphatic carbocycles. The van der Waals surface area contributed by atoms with Gasteiger partial charge in [0, 0.05) is 20.9 Å². The lowest BCUT2D eigenvalue weighted by atomic mass is 9.95. The fraction of sp³-hybridized carbons (Fsp3) is 0.0526. The highest BCUT2D eigenvalue weighted by Gasteiger charge is 2.12. The van der Waals surface area contributed by atoms with Gasteiger partial charge in [-0.1, -0.05) is 57.3 Å². The van der Waals surface area contributed by atoms with Crippen LogP contribution in [0.1, 0.15) is 5.56 Å². The standard InChI is InChI=1S/C19H13BBrN/c1-12-2-6-15(7-3-12)22-18-10-13(20)4-8-16(18)17-9-5-14(21)11-19(17)22/h2-11H,1H3. The average molecular weight is 346 g/mol. The van der Waals surface area contributed by atoms with Gasteiger partial charge in [0.05, 0.1) is 11.0 Å². The van der Waals surface area contributed by atoms with E-state index in [-0.39, 0.29) is 0 Å². The number of aryl methyl sites for hydroxylation is 1. The van der Waals surface area contributed by atoms with Crippen molar-refractivity contribution in [3.8, 4) is 5.69 Å². The lowest BCUT2D eigenvalue weighted by Gasteiger charge is -2.08. The van der Waals surface area contributed by atoms with Crippen molar-refractivity contribution in [3.63, 3.8) is 0 Å². The van der Waals surface area contributed by atoms with Crippen LogP contribution in [0.25, 0.3) is 27.5 Å². The van der Waals surface area contributed by atoms with Gasteiger partial charge >= 0.3 is 0 Å². The number of rotatable bonds is 1. The van der Waals surface area contributed by atoms with E-state index in [9.17, 15) is 0 Å². The number of nitrogens with zero attached hydrogens (tertiary/aromatic N) is 1. The summed E-state index contributed by atoms with van der Waals surface area (Å²) in [6, 6.07) is 21.1. The third kappa shape index (κ3) is 2.08. The normalized spacial score (nSPS) is 11.4. The Morgan fingerprint density at radius 1 is 0.818 bits per heavy atom. The van der Waals surface area contributed by atoms with Crippen molar-refractivity contribution < 1.29 is 0 Å². The molecular weight excluding hydrogens is 333 g/mol. The molecule has 0 saturated heterocycles. The maximum atomic E-state index is 6.02. The summed E-state index contributed by atoms with van der Waals surface area (Å²) < 4.78 is 3.34. The minimum atomic E-state index is 0.780. The predicted molar refractivity (Wildman–Crippen MR) is 98.6 cm³/mol. The van der Waals surface area contributed by atoms with Crippen molar-refractivity contribution in [1.82, 2.24) is 4.57 Å². The maximum Gasteiger partial charge on any atom is 0.113 e. The van der Waals surface area contributed by atoms with Crippen LogP contribution in [-0.4, -0.2) is 12.4 Å². The molecule has 0 N–H and O–H groups in total. The number of fused-ring (bicyclic) bond motifs is 3. The number of benzene rings is 3. The van der Waals surface area contributed by atoms with Crippen molar-refractivity contribution in [3.05, 3.63) is 70.7 Å². The highest BCUT2D eigenvalue weighted by molar-refractivity contribution is 9.10. The molecule has 22 heavy (non-hydrogen) atoms. The summed E-state index contributed by atoms with van der Waals surface area (Å²) in [5, 5.41) is 2.45. The summed E-state index contributed by atoms with van der Waals surface area (Å²) in [7, 11) is 6.02. The maximum absolute atomic E-state index is 6.02. The van der Waals surface area contributed by atoms with Crippen molar-refractivity contribution in [2.75, 3.05) is 0 Å². The molecule has 0 unspecified atom stereocenters. The van der Waals surface area contributed by atoms with Gasteiger partial charge in [0.25, 0.3) is 0 Å². The fourth-order valence-corrected chi connectivity index (χ4v) is 3.33. The molecule has 104 valence electrons. The smallest absolute Gasteiger partial charge is 0.113 e. The second-order valence-corrected chi connectivity index (χ2v) is 6.52. The van der Waals surface area contributed by atoms with E-state index < -0.39 is 0 Å². The van der Waals surface area contributed by atoms with Crippen molar-refractivity contribution >= 4 is 51.0 Å². The van der Waals surface area contributed by atoms with Crippen molar-refractivity contribution in [2.45, 2.75) is 6.92 Å². The Morgan fingerprint density at radius 2 is 1.45 bits per heavy atom. The Balaban J connectivity index is 2.19. The van der Waals surface area contributed by atoms with E-state index >= 15 is 0 Å². The Kier molecular flexibility index (Phi) is 3.12. The van der Waals surface area contributed by atoms with Gasteiger partial charge in [-0.25, -0.2) is 0 Å². The number of aromatic nitrogens is 1. The Bertz CT molecular complexity index is 940. The van der Waals surface area contributed by atoms with Gasteiger partial charge in [0.1, 0.15) is 7.85 Å². The quantitative estimate of drug-likeness (QED) is 0.442. The second kappa shape index (κ2) is 5.03. The van der Waals surface area contributed by atoms with Crippen LogP contribution in [0, 0.1) is 6.92 Å². The number of hydrogen-bond acceptors (Lipinski definition) is 0. The Morgan fingerprint density at radius 3 is 2.18 bits per heavy atom. The van der Waals surface area contributed by atoms with Gasteiger partial charge in [-0.2, -0.15) is 0 Å². The highest BCUT2D eigenvalue weighted by Crippen LogP contribution is 2.33.